The van der Waals surface area contributed by atoms with Crippen molar-refractivity contribution < 1.29 is 13.2 Å². The van der Waals surface area contributed by atoms with E-state index in [9.17, 15) is 8.42 Å². The molecule has 4 nitrogen and oxygen atoms in total. The lowest BCUT2D eigenvalue weighted by molar-refractivity contribution is 0.107. The number of nitrogens with two attached hydrogens (primary N) is 1. The van der Waals surface area contributed by atoms with Crippen LogP contribution in [0.5, 0.6) is 0 Å². The molecule has 0 saturated heterocycles. The summed E-state index contributed by atoms with van der Waals surface area (Å²) in [4.78, 5) is 0.278. The number of ether oxygens (including phenoxy) is 1. The molecule has 0 saturated carbocycles. The molecule has 0 aromatic heterocycles. The van der Waals surface area contributed by atoms with Crippen molar-refractivity contribution in [2.45, 2.75) is 24.8 Å². The summed E-state index contributed by atoms with van der Waals surface area (Å²) in [5.41, 5.74) is 7.43. The molecule has 0 aliphatic carbocycles. The first-order valence-electron chi connectivity index (χ1n) is 5.37. The first-order valence-corrected chi connectivity index (χ1v) is 6.92. The molecule has 1 aromatic carbocycles. The number of hydrogen-bond acceptors (Lipinski definition) is 4. The number of nitrogen functional groups attached to an aromatic ring is 1. The van der Waals surface area contributed by atoms with E-state index in [1.54, 1.807) is 12.1 Å². The van der Waals surface area contributed by atoms with Crippen LogP contribution in [0.15, 0.2) is 28.5 Å². The molecular weight excluding hydrogens is 238 g/mol. The Bertz CT molecular complexity index is 573. The zero-order valence-electron chi connectivity index (χ0n) is 9.80. The van der Waals surface area contributed by atoms with Crippen molar-refractivity contribution >= 4 is 21.1 Å². The highest BCUT2D eigenvalue weighted by atomic mass is 32.2. The van der Waals surface area contributed by atoms with Gasteiger partial charge >= 0.3 is 0 Å². The smallest absolute Gasteiger partial charge is 0.200 e. The van der Waals surface area contributed by atoms with E-state index in [1.807, 2.05) is 13.8 Å². The molecule has 0 radical (unpaired) electrons. The molecule has 1 aromatic rings. The average molecular weight is 253 g/mol. The van der Waals surface area contributed by atoms with Gasteiger partial charge < -0.3 is 10.5 Å². The topological polar surface area (TPSA) is 69.4 Å². The fourth-order valence-electron chi connectivity index (χ4n) is 1.72. The van der Waals surface area contributed by atoms with Gasteiger partial charge in [-0.2, -0.15) is 0 Å². The number of anilines is 1. The van der Waals surface area contributed by atoms with E-state index in [1.165, 1.54) is 11.5 Å². The molecule has 2 N–H and O–H groups in total. The van der Waals surface area contributed by atoms with E-state index in [2.05, 4.69) is 0 Å². The predicted octanol–water partition coefficient (Wildman–Crippen LogP) is 1.82. The van der Waals surface area contributed by atoms with Gasteiger partial charge in [0.05, 0.1) is 17.6 Å². The summed E-state index contributed by atoms with van der Waals surface area (Å²) in [5.74, 6) is 0. The summed E-state index contributed by atoms with van der Waals surface area (Å²) in [6.07, 6.45) is 0.0661. The Balaban J connectivity index is 2.40. The Morgan fingerprint density at radius 2 is 2.06 bits per heavy atom. The molecule has 1 aliphatic heterocycles. The number of hydrogen-bond donors (Lipinski definition) is 1. The fourth-order valence-corrected chi connectivity index (χ4v) is 3.22. The van der Waals surface area contributed by atoms with Crippen LogP contribution in [0.4, 0.5) is 5.69 Å². The van der Waals surface area contributed by atoms with E-state index in [0.29, 0.717) is 23.4 Å². The summed E-state index contributed by atoms with van der Waals surface area (Å²) < 4.78 is 29.2. The van der Waals surface area contributed by atoms with Gasteiger partial charge in [0.2, 0.25) is 9.84 Å². The van der Waals surface area contributed by atoms with Crippen molar-refractivity contribution in [2.75, 3.05) is 12.3 Å². The molecule has 0 bridgehead atoms. The Kier molecular flexibility index (Phi) is 2.97. The SMILES string of the molecule is CC(C)OCC1=CS(=O)(=O)c2cc(N)ccc21. The molecule has 0 amide bonds. The molecule has 1 heterocycles. The summed E-state index contributed by atoms with van der Waals surface area (Å²) in [5, 5.41) is 1.26. The highest BCUT2D eigenvalue weighted by Gasteiger charge is 2.27. The van der Waals surface area contributed by atoms with E-state index in [0.717, 1.165) is 0 Å². The van der Waals surface area contributed by atoms with Gasteiger partial charge in [-0.25, -0.2) is 8.42 Å². The third kappa shape index (κ3) is 2.35. The van der Waals surface area contributed by atoms with Crippen molar-refractivity contribution in [3.05, 3.63) is 29.2 Å². The van der Waals surface area contributed by atoms with Crippen LogP contribution >= 0.6 is 0 Å². The molecule has 1 aliphatic rings. The van der Waals surface area contributed by atoms with Gasteiger partial charge in [-0.3, -0.25) is 0 Å². The van der Waals surface area contributed by atoms with E-state index in [4.69, 9.17) is 10.5 Å². The predicted molar refractivity (Wildman–Crippen MR) is 67.1 cm³/mol. The molecule has 0 fully saturated rings. The first-order chi connectivity index (χ1) is 7.90. The van der Waals surface area contributed by atoms with Gasteiger partial charge in [0.25, 0.3) is 0 Å². The van der Waals surface area contributed by atoms with Crippen LogP contribution in [0.25, 0.3) is 5.57 Å². The Hall–Kier alpha value is -1.33. The number of rotatable bonds is 3. The van der Waals surface area contributed by atoms with Crippen molar-refractivity contribution in [1.82, 2.24) is 0 Å². The minimum Gasteiger partial charge on any atom is -0.399 e. The summed E-state index contributed by atoms with van der Waals surface area (Å²) in [6, 6.07) is 4.91. The summed E-state index contributed by atoms with van der Waals surface area (Å²) in [6.45, 7) is 4.12. The number of fused-ring (bicyclic) bond motifs is 1. The quantitative estimate of drug-likeness (QED) is 0.834. The Morgan fingerprint density at radius 3 is 2.71 bits per heavy atom. The van der Waals surface area contributed by atoms with Gasteiger partial charge in [0, 0.05) is 11.1 Å². The first kappa shape index (κ1) is 12.1. The van der Waals surface area contributed by atoms with E-state index < -0.39 is 9.84 Å². The molecule has 92 valence electrons. The third-order valence-electron chi connectivity index (χ3n) is 2.53. The van der Waals surface area contributed by atoms with E-state index in [-0.39, 0.29) is 11.0 Å². The highest BCUT2D eigenvalue weighted by Crippen LogP contribution is 2.34. The van der Waals surface area contributed by atoms with Crippen LogP contribution in [-0.4, -0.2) is 21.1 Å². The Morgan fingerprint density at radius 1 is 1.35 bits per heavy atom. The monoisotopic (exact) mass is 253 g/mol. The van der Waals surface area contributed by atoms with Crippen molar-refractivity contribution in [3.63, 3.8) is 0 Å². The van der Waals surface area contributed by atoms with Gasteiger partial charge in [-0.15, -0.1) is 0 Å². The molecule has 0 spiro atoms. The Labute approximate surface area is 101 Å². The maximum absolute atomic E-state index is 11.9. The molecule has 0 atom stereocenters. The second-order valence-electron chi connectivity index (χ2n) is 4.30. The highest BCUT2D eigenvalue weighted by molar-refractivity contribution is 7.95. The zero-order chi connectivity index (χ0) is 12.6. The second kappa shape index (κ2) is 4.16. The van der Waals surface area contributed by atoms with Crippen molar-refractivity contribution in [1.29, 1.82) is 0 Å². The van der Waals surface area contributed by atoms with Gasteiger partial charge in [-0.05, 0) is 37.1 Å². The van der Waals surface area contributed by atoms with Crippen LogP contribution in [0.1, 0.15) is 19.4 Å². The van der Waals surface area contributed by atoms with Gasteiger partial charge in [0.15, 0.2) is 0 Å². The third-order valence-corrected chi connectivity index (χ3v) is 4.07. The average Bonchev–Trinajstić information content (AvgIpc) is 2.48. The second-order valence-corrected chi connectivity index (χ2v) is 6.07. The zero-order valence-corrected chi connectivity index (χ0v) is 10.6. The summed E-state index contributed by atoms with van der Waals surface area (Å²) >= 11 is 0. The van der Waals surface area contributed by atoms with Gasteiger partial charge in [0.1, 0.15) is 0 Å². The van der Waals surface area contributed by atoms with Crippen molar-refractivity contribution in [3.8, 4) is 0 Å². The minimum atomic E-state index is -3.35. The number of benzene rings is 1. The molecular formula is C12H15NO3S. The molecule has 5 heteroatoms. The maximum Gasteiger partial charge on any atom is 0.200 e. The molecule has 0 unspecified atom stereocenters. The lowest BCUT2D eigenvalue weighted by Gasteiger charge is -2.09. The van der Waals surface area contributed by atoms with Crippen LogP contribution < -0.4 is 5.73 Å². The molecule has 17 heavy (non-hydrogen) atoms. The van der Waals surface area contributed by atoms with Crippen LogP contribution in [0.2, 0.25) is 0 Å². The standard InChI is InChI=1S/C12H15NO3S/c1-8(2)16-6-9-7-17(14,15)12-5-10(13)3-4-11(9)12/h3-5,7-8H,6,13H2,1-2H3. The normalized spacial score (nSPS) is 17.0. The summed E-state index contributed by atoms with van der Waals surface area (Å²) in [7, 11) is -3.35. The minimum absolute atomic E-state index is 0.0661. The maximum atomic E-state index is 11.9. The van der Waals surface area contributed by atoms with Gasteiger partial charge in [-0.1, -0.05) is 6.07 Å². The van der Waals surface area contributed by atoms with Crippen LogP contribution in [-0.2, 0) is 14.6 Å². The lowest BCUT2D eigenvalue weighted by atomic mass is 10.1. The molecule has 2 rings (SSSR count). The van der Waals surface area contributed by atoms with Crippen LogP contribution in [0, 0.1) is 0 Å². The van der Waals surface area contributed by atoms with Crippen LogP contribution in [0.3, 0.4) is 0 Å². The lowest BCUT2D eigenvalue weighted by Crippen LogP contribution is -2.04. The van der Waals surface area contributed by atoms with Crippen molar-refractivity contribution in [2.24, 2.45) is 0 Å². The largest absolute Gasteiger partial charge is 0.399 e. The number of sulfone groups is 1. The van der Waals surface area contributed by atoms with E-state index >= 15 is 0 Å². The fraction of sp³-hybridized carbons (Fsp3) is 0.333.